The van der Waals surface area contributed by atoms with E-state index in [0.29, 0.717) is 0 Å². The summed E-state index contributed by atoms with van der Waals surface area (Å²) in [6, 6.07) is 61.3. The number of hydrogen-bond acceptors (Lipinski definition) is 3. The van der Waals surface area contributed by atoms with Crippen molar-refractivity contribution in [3.63, 3.8) is 0 Å². The maximum atomic E-state index is 6.55. The molecule has 2 heterocycles. The molecule has 3 heteroatoms. The van der Waals surface area contributed by atoms with Crippen LogP contribution in [0.3, 0.4) is 0 Å². The second-order valence-electron chi connectivity index (χ2n) is 12.7. The summed E-state index contributed by atoms with van der Waals surface area (Å²) in [6.07, 6.45) is 0. The van der Waals surface area contributed by atoms with Gasteiger partial charge in [-0.05, 0) is 41.3 Å². The zero-order valence-corrected chi connectivity index (χ0v) is 27.5. The molecule has 0 aliphatic rings. The molecule has 0 radical (unpaired) electrons. The molecule has 0 saturated heterocycles. The Balaban J connectivity index is 1.22. The zero-order chi connectivity index (χ0) is 33.4. The van der Waals surface area contributed by atoms with Crippen molar-refractivity contribution in [1.82, 2.24) is 9.97 Å². The van der Waals surface area contributed by atoms with E-state index in [4.69, 9.17) is 14.4 Å². The lowest BCUT2D eigenvalue weighted by molar-refractivity contribution is 0.670. The highest BCUT2D eigenvalue weighted by Crippen LogP contribution is 2.42. The van der Waals surface area contributed by atoms with Crippen LogP contribution in [-0.4, -0.2) is 9.97 Å². The van der Waals surface area contributed by atoms with Gasteiger partial charge in [-0.1, -0.05) is 169 Å². The number of hydrogen-bond donors (Lipinski definition) is 0. The number of aryl methyl sites for hydroxylation is 1. The lowest BCUT2D eigenvalue weighted by Gasteiger charge is -2.16. The molecule has 0 bridgehead atoms. The molecule has 0 aliphatic carbocycles. The Morgan fingerprint density at radius 3 is 1.34 bits per heavy atom. The summed E-state index contributed by atoms with van der Waals surface area (Å²) in [5.74, 6) is 0. The van der Waals surface area contributed by atoms with Crippen molar-refractivity contribution >= 4 is 21.9 Å². The van der Waals surface area contributed by atoms with Crippen molar-refractivity contribution < 1.29 is 4.42 Å². The summed E-state index contributed by atoms with van der Waals surface area (Å²) in [5, 5.41) is 2.14. The number of nitrogens with zero attached hydrogens (tertiary/aromatic N) is 2. The molecule has 0 N–H and O–H groups in total. The maximum absolute atomic E-state index is 6.55. The van der Waals surface area contributed by atoms with Crippen molar-refractivity contribution in [2.45, 2.75) is 6.92 Å². The second kappa shape index (κ2) is 12.5. The fourth-order valence-corrected chi connectivity index (χ4v) is 6.77. The number of para-hydroxylation sites is 2. The number of fused-ring (bicyclic) bond motifs is 3. The van der Waals surface area contributed by atoms with Crippen LogP contribution in [0.25, 0.3) is 89.2 Å². The number of benzene rings is 7. The van der Waals surface area contributed by atoms with Crippen LogP contribution < -0.4 is 0 Å². The standard InChI is InChI=1S/C47H32N2O/c1-31-19-21-32(22-20-31)33-23-25-34(26-24-33)35-27-29-38(30-28-35)45-46(41-17-10-16-40-39-15-8-9-18-42(39)50-47(40)41)49-44(37-13-6-3-7-14-37)43(48-45)36-11-4-2-5-12-36/h2-30H,1H3. The normalized spacial score (nSPS) is 11.3. The SMILES string of the molecule is Cc1ccc(-c2ccc(-c3ccc(-c4nc(-c5ccccc5)c(-c5ccccc5)nc4-c4cccc5c4oc4ccccc45)cc3)cc2)cc1. The lowest BCUT2D eigenvalue weighted by atomic mass is 9.96. The van der Waals surface area contributed by atoms with Gasteiger partial charge in [-0.3, -0.25) is 0 Å². The topological polar surface area (TPSA) is 38.9 Å². The average Bonchev–Trinajstić information content (AvgIpc) is 3.58. The van der Waals surface area contributed by atoms with E-state index in [1.165, 1.54) is 16.7 Å². The zero-order valence-electron chi connectivity index (χ0n) is 27.5. The highest BCUT2D eigenvalue weighted by atomic mass is 16.3. The fourth-order valence-electron chi connectivity index (χ4n) is 6.77. The van der Waals surface area contributed by atoms with Crippen LogP contribution in [0.5, 0.6) is 0 Å². The van der Waals surface area contributed by atoms with Gasteiger partial charge in [-0.15, -0.1) is 0 Å². The Morgan fingerprint density at radius 1 is 0.340 bits per heavy atom. The molecule has 0 amide bonds. The number of furan rings is 1. The lowest BCUT2D eigenvalue weighted by Crippen LogP contribution is -2.01. The van der Waals surface area contributed by atoms with E-state index in [0.717, 1.165) is 78.1 Å². The van der Waals surface area contributed by atoms with Crippen molar-refractivity contribution in [3.05, 3.63) is 181 Å². The van der Waals surface area contributed by atoms with Gasteiger partial charge in [0.25, 0.3) is 0 Å². The van der Waals surface area contributed by atoms with Gasteiger partial charge in [-0.25, -0.2) is 9.97 Å². The molecule has 3 nitrogen and oxygen atoms in total. The Hall–Kier alpha value is -6.58. The summed E-state index contributed by atoms with van der Waals surface area (Å²) in [5.41, 5.74) is 14.8. The molecule has 7 aromatic carbocycles. The first-order chi connectivity index (χ1) is 24.7. The quantitative estimate of drug-likeness (QED) is 0.182. The highest BCUT2D eigenvalue weighted by molar-refractivity contribution is 6.10. The Bertz CT molecular complexity index is 2600. The molecule has 0 saturated carbocycles. The largest absolute Gasteiger partial charge is 0.455 e. The first-order valence-corrected chi connectivity index (χ1v) is 16.9. The molecule has 0 fully saturated rings. The van der Waals surface area contributed by atoms with Gasteiger partial charge < -0.3 is 4.42 Å². The molecule has 9 aromatic rings. The summed E-state index contributed by atoms with van der Waals surface area (Å²) in [6.45, 7) is 2.12. The van der Waals surface area contributed by atoms with E-state index in [1.54, 1.807) is 0 Å². The number of rotatable bonds is 6. The fraction of sp³-hybridized carbons (Fsp3) is 0.0213. The van der Waals surface area contributed by atoms with Crippen LogP contribution in [-0.2, 0) is 0 Å². The number of aromatic nitrogens is 2. The predicted octanol–water partition coefficient (Wildman–Crippen LogP) is 12.7. The van der Waals surface area contributed by atoms with Gasteiger partial charge in [0.05, 0.1) is 17.1 Å². The minimum Gasteiger partial charge on any atom is -0.455 e. The van der Waals surface area contributed by atoms with Gasteiger partial charge in [-0.2, -0.15) is 0 Å². The maximum Gasteiger partial charge on any atom is 0.144 e. The van der Waals surface area contributed by atoms with E-state index >= 15 is 0 Å². The Morgan fingerprint density at radius 2 is 0.760 bits per heavy atom. The molecular formula is C47H32N2O. The summed E-state index contributed by atoms with van der Waals surface area (Å²) < 4.78 is 6.55. The Kier molecular flexibility index (Phi) is 7.37. The van der Waals surface area contributed by atoms with E-state index < -0.39 is 0 Å². The second-order valence-corrected chi connectivity index (χ2v) is 12.7. The van der Waals surface area contributed by atoms with Crippen LogP contribution in [0.2, 0.25) is 0 Å². The van der Waals surface area contributed by atoms with Crippen LogP contribution in [0.1, 0.15) is 5.56 Å². The predicted molar refractivity (Wildman–Crippen MR) is 207 cm³/mol. The molecule has 0 unspecified atom stereocenters. The molecule has 9 rings (SSSR count). The Labute approximate surface area is 291 Å². The first-order valence-electron chi connectivity index (χ1n) is 16.9. The molecule has 0 atom stereocenters. The third-order valence-electron chi connectivity index (χ3n) is 9.41. The van der Waals surface area contributed by atoms with Gasteiger partial charge in [0.2, 0.25) is 0 Å². The van der Waals surface area contributed by atoms with Gasteiger partial charge in [0.15, 0.2) is 0 Å². The van der Waals surface area contributed by atoms with Crippen LogP contribution in [0.15, 0.2) is 180 Å². The van der Waals surface area contributed by atoms with E-state index in [1.807, 2.05) is 48.5 Å². The van der Waals surface area contributed by atoms with Crippen LogP contribution >= 0.6 is 0 Å². The van der Waals surface area contributed by atoms with Crippen molar-refractivity contribution in [2.75, 3.05) is 0 Å². The van der Waals surface area contributed by atoms with Gasteiger partial charge in [0.1, 0.15) is 16.9 Å². The van der Waals surface area contributed by atoms with Gasteiger partial charge in [0, 0.05) is 33.0 Å². The smallest absolute Gasteiger partial charge is 0.144 e. The minimum atomic E-state index is 0.781. The first kappa shape index (κ1) is 29.6. The van der Waals surface area contributed by atoms with Crippen molar-refractivity contribution in [1.29, 1.82) is 0 Å². The summed E-state index contributed by atoms with van der Waals surface area (Å²) in [4.78, 5) is 11.0. The average molecular weight is 641 g/mol. The molecule has 236 valence electrons. The van der Waals surface area contributed by atoms with Gasteiger partial charge >= 0.3 is 0 Å². The molecule has 50 heavy (non-hydrogen) atoms. The minimum absolute atomic E-state index is 0.781. The van der Waals surface area contributed by atoms with Crippen LogP contribution in [0, 0.1) is 6.92 Å². The van der Waals surface area contributed by atoms with E-state index in [-0.39, 0.29) is 0 Å². The highest BCUT2D eigenvalue weighted by Gasteiger charge is 2.22. The monoisotopic (exact) mass is 640 g/mol. The third kappa shape index (κ3) is 5.35. The molecular weight excluding hydrogens is 609 g/mol. The van der Waals surface area contributed by atoms with E-state index in [9.17, 15) is 0 Å². The van der Waals surface area contributed by atoms with E-state index in [2.05, 4.69) is 134 Å². The van der Waals surface area contributed by atoms with Crippen molar-refractivity contribution in [3.8, 4) is 67.3 Å². The molecule has 2 aromatic heterocycles. The molecule has 0 spiro atoms. The third-order valence-corrected chi connectivity index (χ3v) is 9.41. The van der Waals surface area contributed by atoms with Crippen LogP contribution in [0.4, 0.5) is 0 Å². The summed E-state index contributed by atoms with van der Waals surface area (Å²) in [7, 11) is 0. The van der Waals surface area contributed by atoms with Crippen molar-refractivity contribution in [2.24, 2.45) is 0 Å². The summed E-state index contributed by atoms with van der Waals surface area (Å²) >= 11 is 0. The molecule has 0 aliphatic heterocycles.